The Kier molecular flexibility index (Phi) is 13.0. The van der Waals surface area contributed by atoms with E-state index in [2.05, 4.69) is 0 Å². The van der Waals surface area contributed by atoms with Crippen LogP contribution in [0.1, 0.15) is 30.3 Å². The lowest BCUT2D eigenvalue weighted by Crippen LogP contribution is -2.36. The van der Waals surface area contributed by atoms with Crippen molar-refractivity contribution in [3.05, 3.63) is 89.7 Å². The molecule has 0 aliphatic heterocycles. The number of imidazole rings is 1. The maximum atomic E-state index is 13.7. The van der Waals surface area contributed by atoms with Crippen LogP contribution >= 0.6 is 24.8 Å². The van der Waals surface area contributed by atoms with E-state index in [-0.39, 0.29) is 54.5 Å². The molecule has 0 spiro atoms. The molecule has 0 amide bonds. The van der Waals surface area contributed by atoms with Crippen LogP contribution in [-0.4, -0.2) is 68.5 Å². The van der Waals surface area contributed by atoms with Crippen LogP contribution < -0.4 is 10.0 Å². The Morgan fingerprint density at radius 1 is 1.00 bits per heavy atom. The summed E-state index contributed by atoms with van der Waals surface area (Å²) in [6.07, 6.45) is 0.645. The molecule has 0 saturated carbocycles. The number of carbonyl (C=O) groups is 1. The van der Waals surface area contributed by atoms with Gasteiger partial charge in [-0.1, -0.05) is 42.5 Å². The molecule has 0 unspecified atom stereocenters. The standard InChI is InChI=1S/C30H36N6O4S.2ClH/c1-4-40-29(37)16-17-35-27-15-14-24(36(19-18-34(2)3)41(38,39)25-8-6-5-7-9-25)21-26(27)33-28(35)20-22-10-12-23(13-11-22)30(31)32;;/h5-15,21H,4,16-20H2,1-3H3,(H3,31,32);2*1H. The molecule has 43 heavy (non-hydrogen) atoms. The number of fused-ring (bicyclic) bond motifs is 1. The summed E-state index contributed by atoms with van der Waals surface area (Å²) in [5, 5.41) is 7.64. The number of amidine groups is 1. The predicted molar refractivity (Wildman–Crippen MR) is 175 cm³/mol. The number of anilines is 1. The molecule has 4 rings (SSSR count). The van der Waals surface area contributed by atoms with Gasteiger partial charge in [0.1, 0.15) is 11.7 Å². The number of nitrogens with two attached hydrogens (primary N) is 1. The Morgan fingerprint density at radius 2 is 1.67 bits per heavy atom. The molecule has 0 atom stereocenters. The summed E-state index contributed by atoms with van der Waals surface area (Å²) in [6.45, 7) is 3.23. The second-order valence-corrected chi connectivity index (χ2v) is 11.8. The van der Waals surface area contributed by atoms with Crippen molar-refractivity contribution in [1.29, 1.82) is 5.41 Å². The first-order chi connectivity index (χ1) is 19.6. The summed E-state index contributed by atoms with van der Waals surface area (Å²) in [5.74, 6) is 0.421. The lowest BCUT2D eigenvalue weighted by molar-refractivity contribution is -0.143. The normalized spacial score (nSPS) is 11.1. The third-order valence-corrected chi connectivity index (χ3v) is 8.49. The largest absolute Gasteiger partial charge is 0.466 e. The van der Waals surface area contributed by atoms with Crippen LogP contribution in [0.3, 0.4) is 0 Å². The van der Waals surface area contributed by atoms with Gasteiger partial charge in [0.05, 0.1) is 34.6 Å². The van der Waals surface area contributed by atoms with E-state index in [0.29, 0.717) is 42.9 Å². The Labute approximate surface area is 265 Å². The molecule has 0 radical (unpaired) electrons. The van der Waals surface area contributed by atoms with Gasteiger partial charge in [-0.15, -0.1) is 24.8 Å². The van der Waals surface area contributed by atoms with Crippen LogP contribution in [-0.2, 0) is 32.5 Å². The minimum absolute atomic E-state index is 0. The average Bonchev–Trinajstić information content (AvgIpc) is 3.28. The molecular weight excluding hydrogens is 611 g/mol. The number of benzene rings is 3. The number of esters is 1. The second-order valence-electron chi connectivity index (χ2n) is 9.89. The van der Waals surface area contributed by atoms with Crippen LogP contribution in [0.25, 0.3) is 11.0 Å². The van der Waals surface area contributed by atoms with Gasteiger partial charge in [0.15, 0.2) is 0 Å². The van der Waals surface area contributed by atoms with Gasteiger partial charge >= 0.3 is 5.97 Å². The third kappa shape index (κ3) is 8.70. The van der Waals surface area contributed by atoms with E-state index < -0.39 is 10.0 Å². The molecule has 3 aromatic carbocycles. The van der Waals surface area contributed by atoms with Crippen molar-refractivity contribution in [2.45, 2.75) is 31.2 Å². The van der Waals surface area contributed by atoms with Crippen molar-refractivity contribution in [2.75, 3.05) is 38.1 Å². The van der Waals surface area contributed by atoms with Crippen molar-refractivity contribution >= 4 is 63.4 Å². The zero-order chi connectivity index (χ0) is 29.6. The first kappa shape index (κ1) is 35.6. The molecule has 4 aromatic rings. The Morgan fingerprint density at radius 3 is 2.28 bits per heavy atom. The Bertz CT molecular complexity index is 1630. The van der Waals surface area contributed by atoms with Crippen LogP contribution in [0, 0.1) is 5.41 Å². The van der Waals surface area contributed by atoms with Gasteiger partial charge in [0.25, 0.3) is 10.0 Å². The van der Waals surface area contributed by atoms with E-state index in [1.165, 1.54) is 4.31 Å². The number of hydrogen-bond acceptors (Lipinski definition) is 7. The van der Waals surface area contributed by atoms with Crippen LogP contribution in [0.5, 0.6) is 0 Å². The summed E-state index contributed by atoms with van der Waals surface area (Å²) < 4.78 is 36.0. The topological polar surface area (TPSA) is 135 Å². The fourth-order valence-corrected chi connectivity index (χ4v) is 6.00. The number of aryl methyl sites for hydroxylation is 1. The van der Waals surface area contributed by atoms with Crippen molar-refractivity contribution < 1.29 is 17.9 Å². The number of carbonyl (C=O) groups excluding carboxylic acids is 1. The number of likely N-dealkylation sites (N-methyl/N-ethyl adjacent to an activating group) is 1. The summed E-state index contributed by atoms with van der Waals surface area (Å²) >= 11 is 0. The van der Waals surface area contributed by atoms with E-state index in [0.717, 1.165) is 16.9 Å². The number of hydrogen-bond donors (Lipinski definition) is 2. The number of nitrogens with one attached hydrogen (secondary N) is 1. The minimum Gasteiger partial charge on any atom is -0.466 e. The highest BCUT2D eigenvalue weighted by atomic mass is 35.5. The molecule has 10 nitrogen and oxygen atoms in total. The number of halogens is 2. The molecule has 0 bridgehead atoms. The number of rotatable bonds is 13. The maximum absolute atomic E-state index is 13.7. The Balaban J connectivity index is 0.00000323. The van der Waals surface area contributed by atoms with Crippen LogP contribution in [0.15, 0.2) is 77.7 Å². The molecule has 0 aliphatic rings. The zero-order valence-corrected chi connectivity index (χ0v) is 26.8. The number of ether oxygens (including phenoxy) is 1. The molecule has 232 valence electrons. The highest BCUT2D eigenvalue weighted by Crippen LogP contribution is 2.29. The van der Waals surface area contributed by atoms with Crippen molar-refractivity contribution in [2.24, 2.45) is 5.73 Å². The SMILES string of the molecule is CCOC(=O)CCn1c(Cc2ccc(C(=N)N)cc2)nc2cc(N(CCN(C)C)S(=O)(=O)c3ccccc3)ccc21.Cl.Cl. The Hall–Kier alpha value is -3.64. The number of aromatic nitrogens is 2. The van der Waals surface area contributed by atoms with Gasteiger partial charge in [-0.2, -0.15) is 0 Å². The van der Waals surface area contributed by atoms with E-state index in [1.807, 2.05) is 41.8 Å². The lowest BCUT2D eigenvalue weighted by Gasteiger charge is -2.26. The van der Waals surface area contributed by atoms with Crippen molar-refractivity contribution in [1.82, 2.24) is 14.5 Å². The smallest absolute Gasteiger partial charge is 0.307 e. The highest BCUT2D eigenvalue weighted by molar-refractivity contribution is 7.92. The fraction of sp³-hybridized carbons (Fsp3) is 0.300. The molecule has 13 heteroatoms. The van der Waals surface area contributed by atoms with E-state index >= 15 is 0 Å². The van der Waals surface area contributed by atoms with E-state index in [1.54, 1.807) is 61.5 Å². The summed E-state index contributed by atoms with van der Waals surface area (Å²) in [5.41, 5.74) is 9.12. The fourth-order valence-electron chi connectivity index (χ4n) is 4.53. The van der Waals surface area contributed by atoms with Crippen LogP contribution in [0.4, 0.5) is 5.69 Å². The molecular formula is C30H38Cl2N6O4S. The maximum Gasteiger partial charge on any atom is 0.307 e. The number of nitrogen functional groups attached to an aromatic ring is 1. The summed E-state index contributed by atoms with van der Waals surface area (Å²) in [4.78, 5) is 19.2. The van der Waals surface area contributed by atoms with Gasteiger partial charge in [0.2, 0.25) is 0 Å². The quantitative estimate of drug-likeness (QED) is 0.124. The summed E-state index contributed by atoms with van der Waals surface area (Å²) in [6, 6.07) is 21.2. The van der Waals surface area contributed by atoms with Crippen LogP contribution in [0.2, 0.25) is 0 Å². The zero-order valence-electron chi connectivity index (χ0n) is 24.4. The molecule has 1 aromatic heterocycles. The monoisotopic (exact) mass is 648 g/mol. The molecule has 0 aliphatic carbocycles. The number of sulfonamides is 1. The van der Waals surface area contributed by atoms with Gasteiger partial charge < -0.3 is 19.9 Å². The predicted octanol–water partition coefficient (Wildman–Crippen LogP) is 4.46. The molecule has 0 saturated heterocycles. The van der Waals surface area contributed by atoms with Gasteiger partial charge in [-0.3, -0.25) is 14.5 Å². The molecule has 1 heterocycles. The van der Waals surface area contributed by atoms with Gasteiger partial charge in [-0.05, 0) is 56.9 Å². The third-order valence-electron chi connectivity index (χ3n) is 6.65. The first-order valence-electron chi connectivity index (χ1n) is 13.4. The average molecular weight is 650 g/mol. The van der Waals surface area contributed by atoms with E-state index in [4.69, 9.17) is 20.9 Å². The minimum atomic E-state index is -3.83. The van der Waals surface area contributed by atoms with Gasteiger partial charge in [0, 0.05) is 31.6 Å². The van der Waals surface area contributed by atoms with Crippen molar-refractivity contribution in [3.63, 3.8) is 0 Å². The highest BCUT2D eigenvalue weighted by Gasteiger charge is 2.26. The second kappa shape index (κ2) is 15.7. The molecule has 0 fully saturated rings. The van der Waals surface area contributed by atoms with Crippen molar-refractivity contribution in [3.8, 4) is 0 Å². The number of nitrogens with zero attached hydrogens (tertiary/aromatic N) is 4. The van der Waals surface area contributed by atoms with E-state index in [9.17, 15) is 13.2 Å². The first-order valence-corrected chi connectivity index (χ1v) is 14.8. The van der Waals surface area contributed by atoms with Gasteiger partial charge in [-0.25, -0.2) is 13.4 Å². The molecule has 3 N–H and O–H groups in total. The summed E-state index contributed by atoms with van der Waals surface area (Å²) in [7, 11) is -0.0264. The lowest BCUT2D eigenvalue weighted by atomic mass is 10.1.